The molecule has 133 heavy (non-hydrogen) atoms. The molecule has 798 valence electrons. The van der Waals surface area contributed by atoms with E-state index in [0.717, 1.165) is 204 Å². The van der Waals surface area contributed by atoms with E-state index in [1.54, 1.807) is 23.5 Å². The summed E-state index contributed by atoms with van der Waals surface area (Å²) >= 11 is 13.6. The van der Waals surface area contributed by atoms with Gasteiger partial charge in [0.05, 0.1) is 292 Å². The number of carbonyl (C=O) groups excluding carboxylic acids is 9. The molecule has 0 rings (SSSR count). The molecule has 0 saturated heterocycles. The van der Waals surface area contributed by atoms with E-state index in [-0.39, 0.29) is 0 Å². The van der Waals surface area contributed by atoms with Crippen molar-refractivity contribution in [2.24, 2.45) is 0 Å². The maximum Gasteiger partial charge on any atom is 0.189 e. The zero-order valence-corrected chi connectivity index (χ0v) is 102. The lowest BCUT2D eigenvalue weighted by atomic mass is 10.2. The molecule has 27 heteroatoms. The van der Waals surface area contributed by atoms with Gasteiger partial charge in [-0.1, -0.05) is 243 Å². The molecule has 0 aromatic carbocycles. The minimum Gasteiger partial charge on any atom is -0.330 e. The monoisotopic (exact) mass is 2060 g/mol. The molecule has 2 atom stereocenters. The van der Waals surface area contributed by atoms with E-state index in [1.807, 2.05) is 34.6 Å². The van der Waals surface area contributed by atoms with E-state index in [1.165, 1.54) is 282 Å². The van der Waals surface area contributed by atoms with Crippen molar-refractivity contribution in [1.29, 1.82) is 0 Å². The molecule has 0 aliphatic rings. The number of rotatable bonds is 70. The largest absolute Gasteiger partial charge is 0.330 e. The Kier molecular flexibility index (Phi) is 112. The van der Waals surface area contributed by atoms with E-state index in [9.17, 15) is 43.2 Å². The van der Waals surface area contributed by atoms with Gasteiger partial charge >= 0.3 is 0 Å². The van der Waals surface area contributed by atoms with Gasteiger partial charge in [-0.05, 0) is 153 Å². The summed E-state index contributed by atoms with van der Waals surface area (Å²) in [5, 5.41) is 3.10. The molecule has 0 heterocycles. The molecule has 0 aliphatic heterocycles. The maximum atomic E-state index is 11.5. The van der Waals surface area contributed by atoms with Crippen LogP contribution in [0, 0.1) is 0 Å². The predicted molar refractivity (Wildman–Crippen MR) is 613 cm³/mol. The van der Waals surface area contributed by atoms with Gasteiger partial charge in [-0.3, -0.25) is 43.2 Å². The Balaban J connectivity index is -0.000000186. The Morgan fingerprint density at radius 2 is 0.301 bits per heavy atom. The van der Waals surface area contributed by atoms with Gasteiger partial charge in [0, 0.05) is 57.8 Å². The van der Waals surface area contributed by atoms with Crippen molar-refractivity contribution in [1.82, 2.24) is 0 Å². The lowest BCUT2D eigenvalue weighted by Crippen LogP contribution is -2.50. The Hall–Kier alpha value is -0.180. The third-order valence-electron chi connectivity index (χ3n) is 24.6. The fourth-order valence-electron chi connectivity index (χ4n) is 14.7. The van der Waals surface area contributed by atoms with Gasteiger partial charge in [-0.2, -0.15) is 0 Å². The fraction of sp³-hybridized carbons (Fsp3) is 0.915. The molecular formula is C106H230N9O9S9+9. The van der Waals surface area contributed by atoms with Crippen LogP contribution in [0.2, 0.25) is 0 Å². The van der Waals surface area contributed by atoms with Gasteiger partial charge in [-0.15, -0.1) is 0 Å². The highest BCUT2D eigenvalue weighted by Crippen LogP contribution is 2.22. The number of unbranched alkanes of at least 4 members (excludes halogenated alkanes) is 3. The molecule has 0 radical (unpaired) electrons. The summed E-state index contributed by atoms with van der Waals surface area (Å²) in [5.41, 5.74) is 0. The summed E-state index contributed by atoms with van der Waals surface area (Å²) in [7, 11) is 19.3. The zero-order chi connectivity index (χ0) is 104. The number of nitrogens with zero attached hydrogens (tertiary/aromatic N) is 9. The number of hydrogen-bond acceptors (Lipinski definition) is 18. The highest BCUT2D eigenvalue weighted by atomic mass is 32.2. The number of quaternary nitrogens is 9. The van der Waals surface area contributed by atoms with Gasteiger partial charge in [0.1, 0.15) is 0 Å². The van der Waals surface area contributed by atoms with Crippen molar-refractivity contribution in [2.75, 3.05) is 292 Å². The van der Waals surface area contributed by atoms with Gasteiger partial charge in [0.25, 0.3) is 0 Å². The summed E-state index contributed by atoms with van der Waals surface area (Å²) < 4.78 is 9.89. The molecule has 0 aliphatic carbocycles. The van der Waals surface area contributed by atoms with Crippen LogP contribution in [0.25, 0.3) is 0 Å². The molecule has 0 spiro atoms. The second-order valence-corrected chi connectivity index (χ2v) is 49.0. The predicted octanol–water partition coefficient (Wildman–Crippen LogP) is 25.5. The van der Waals surface area contributed by atoms with Crippen molar-refractivity contribution >= 4 is 152 Å². The number of thioether (sulfide) groups is 9. The van der Waals surface area contributed by atoms with E-state index >= 15 is 0 Å². The minimum absolute atomic E-state index is 0.304. The Bertz CT molecular complexity index is 2690. The van der Waals surface area contributed by atoms with Crippen LogP contribution in [0.15, 0.2) is 0 Å². The summed E-state index contributed by atoms with van der Waals surface area (Å²) in [5.74, 6) is 8.76. The molecule has 0 saturated carbocycles. The van der Waals surface area contributed by atoms with Crippen molar-refractivity contribution in [3.63, 3.8) is 0 Å². The normalized spacial score (nSPS) is 12.5. The summed E-state index contributed by atoms with van der Waals surface area (Å²) in [4.78, 5) is 101. The summed E-state index contributed by atoms with van der Waals surface area (Å²) in [6, 6.07) is 0. The number of carbonyl (C=O) groups is 9. The average molecular weight is 2060 g/mol. The van der Waals surface area contributed by atoms with Crippen LogP contribution >= 0.6 is 106 Å². The van der Waals surface area contributed by atoms with E-state index in [4.69, 9.17) is 0 Å². The highest BCUT2D eigenvalue weighted by Gasteiger charge is 2.29. The first-order valence-electron chi connectivity index (χ1n) is 53.6. The second kappa shape index (κ2) is 99.2. The first-order valence-corrected chi connectivity index (χ1v) is 62.5. The van der Waals surface area contributed by atoms with Crippen molar-refractivity contribution in [3.8, 4) is 0 Å². The minimum atomic E-state index is 0.304. The van der Waals surface area contributed by atoms with Crippen LogP contribution in [0.1, 0.15) is 347 Å². The molecule has 2 unspecified atom stereocenters. The standard InChI is InChI=1S/C15H32NOS.2C14H30NOS.C13H28NOS.C12H26NOS.C11H24NOS.C10H22NOS.C9H20NOS.C8H18NOS/c1-5-9-12-16(8-4,11-7-3)13-14-18-15(17)10-6-2;1-5-9-11-15(8-4,10-6-2)12-13-17-14(16)7-3;1-5-9-14(16)17-13-12-15(8-4,10-6-2)11-7-3;1-5-9-14(8-4,10-6-2)11-12-16-13(15)7-3;1-5-9-12(14)15-11-10-13(6-2,7-3)8-4;1-5-11(13)14-10-9-12(6-2,7-3)8-4;1-5-6-7-10(12)13-9-8-11(2,3)4;1-5-6-9(11)12-8-7-10(2,3)4;1-5-8(10)11-7-6-9(2,3)4/h5-14H2,1-4H3;2*5-13H2,1-4H3;5-12H2,1-4H3;5-11H2,1-4H3;5-10H2,1-4H3;5-9H2,1-4H3;5-8H2,1-4H3;5-7H2,1-4H3/q9*+1. The molecule has 0 aromatic rings. The summed E-state index contributed by atoms with van der Waals surface area (Å²) in [6.07, 6.45) is 24.9. The van der Waals surface area contributed by atoms with Gasteiger partial charge in [0.2, 0.25) is 0 Å². The van der Waals surface area contributed by atoms with E-state index in [0.29, 0.717) is 71.7 Å². The third kappa shape index (κ3) is 97.7. The average Bonchev–Trinajstić information content (AvgIpc) is 0.956. The van der Waals surface area contributed by atoms with Gasteiger partial charge < -0.3 is 40.3 Å². The van der Waals surface area contributed by atoms with Crippen molar-refractivity contribution < 1.29 is 83.5 Å². The summed E-state index contributed by atoms with van der Waals surface area (Å²) in [6.45, 7) is 90.7. The van der Waals surface area contributed by atoms with E-state index in [2.05, 4.69) is 216 Å². The maximum absolute atomic E-state index is 11.5. The molecule has 0 amide bonds. The van der Waals surface area contributed by atoms with Crippen LogP contribution in [0.3, 0.4) is 0 Å². The van der Waals surface area contributed by atoms with Crippen LogP contribution in [-0.4, -0.2) is 378 Å². The Morgan fingerprint density at radius 1 is 0.150 bits per heavy atom. The van der Waals surface area contributed by atoms with Gasteiger partial charge in [0.15, 0.2) is 46.0 Å². The molecule has 0 bridgehead atoms. The van der Waals surface area contributed by atoms with Crippen LogP contribution < -0.4 is 0 Å². The van der Waals surface area contributed by atoms with Crippen LogP contribution in [0.5, 0.6) is 0 Å². The second-order valence-electron chi connectivity index (χ2n) is 38.6. The molecular weight excluding hydrogens is 1830 g/mol. The lowest BCUT2D eigenvalue weighted by Gasteiger charge is -2.37. The molecule has 0 fully saturated rings. The van der Waals surface area contributed by atoms with Crippen molar-refractivity contribution in [2.45, 2.75) is 347 Å². The van der Waals surface area contributed by atoms with Crippen LogP contribution in [-0.2, 0) is 43.2 Å². The topological polar surface area (TPSA) is 154 Å². The first-order chi connectivity index (χ1) is 62.7. The zero-order valence-electron chi connectivity index (χ0n) is 95.0. The fourth-order valence-corrected chi connectivity index (χ4v) is 24.0. The Morgan fingerprint density at radius 3 is 0.444 bits per heavy atom. The van der Waals surface area contributed by atoms with E-state index < -0.39 is 0 Å². The lowest BCUT2D eigenvalue weighted by molar-refractivity contribution is -0.924. The highest BCUT2D eigenvalue weighted by molar-refractivity contribution is 8.15. The van der Waals surface area contributed by atoms with Gasteiger partial charge in [-0.25, -0.2) is 0 Å². The quantitative estimate of drug-likeness (QED) is 0.0530. The Labute approximate surface area is 867 Å². The van der Waals surface area contributed by atoms with Crippen LogP contribution in [0.4, 0.5) is 0 Å². The third-order valence-corrected chi connectivity index (χ3v) is 33.2. The first kappa shape index (κ1) is 151. The smallest absolute Gasteiger partial charge is 0.189 e. The molecule has 0 N–H and O–H groups in total. The number of hydrogen-bond donors (Lipinski definition) is 0. The molecule has 0 aromatic heterocycles. The van der Waals surface area contributed by atoms with Crippen molar-refractivity contribution in [3.05, 3.63) is 0 Å². The SMILES string of the molecule is CCC(=O)SCC[N+](C)(C)C.CCC(=O)SCC[N+](CC)(CC)CC.CCCC(=O)SCC[N+](C)(C)C.CCCC(=O)SCC[N+](CC)(CC)CC.CCCC(=O)SCC[N+](CC)(CCC)CCC.CCCCC(=O)SCC[N+](C)(C)C.CCCC[N+](CC)(CCC)CCSC(=O)CC.CCCC[N+](CC)(CCC)CCSC(=O)CCC.CCC[N+](CC)(CCC)CCSC(=O)CC. The molecule has 18 nitrogen and oxygen atoms in total.